The second-order valence-corrected chi connectivity index (χ2v) is 6.88. The van der Waals surface area contributed by atoms with E-state index < -0.39 is 0 Å². The van der Waals surface area contributed by atoms with Crippen molar-refractivity contribution in [1.82, 2.24) is 9.80 Å². The van der Waals surface area contributed by atoms with Crippen LogP contribution >= 0.6 is 0 Å². The highest BCUT2D eigenvalue weighted by Gasteiger charge is 2.28. The van der Waals surface area contributed by atoms with Crippen LogP contribution in [0.15, 0.2) is 48.5 Å². The summed E-state index contributed by atoms with van der Waals surface area (Å²) in [6.45, 7) is 4.91. The number of carbonyl (C=O) groups excluding carboxylic acids is 1. The van der Waals surface area contributed by atoms with Gasteiger partial charge in [-0.25, -0.2) is 0 Å². The number of hydrogen-bond acceptors (Lipinski definition) is 4. The van der Waals surface area contributed by atoms with Gasteiger partial charge in [-0.2, -0.15) is 0 Å². The van der Waals surface area contributed by atoms with Crippen LogP contribution in [0.4, 0.5) is 0 Å². The largest absolute Gasteiger partial charge is 0.504 e. The van der Waals surface area contributed by atoms with Crippen LogP contribution in [0.2, 0.25) is 0 Å². The number of amides is 1. The lowest BCUT2D eigenvalue weighted by Gasteiger charge is -2.31. The molecule has 1 aliphatic heterocycles. The van der Waals surface area contributed by atoms with E-state index in [1.54, 1.807) is 6.07 Å². The van der Waals surface area contributed by atoms with E-state index in [-0.39, 0.29) is 23.4 Å². The molecule has 0 radical (unpaired) electrons. The molecule has 5 heteroatoms. The van der Waals surface area contributed by atoms with Crippen molar-refractivity contribution in [3.05, 3.63) is 59.7 Å². The predicted molar refractivity (Wildman–Crippen MR) is 101 cm³/mol. The van der Waals surface area contributed by atoms with Crippen molar-refractivity contribution in [3.8, 4) is 11.5 Å². The molecule has 2 N–H and O–H groups in total. The summed E-state index contributed by atoms with van der Waals surface area (Å²) in [5.74, 6) is -0.0248. The Morgan fingerprint density at radius 2 is 1.77 bits per heavy atom. The fourth-order valence-corrected chi connectivity index (χ4v) is 3.50. The van der Waals surface area contributed by atoms with Crippen LogP contribution in [0.25, 0.3) is 0 Å². The van der Waals surface area contributed by atoms with E-state index in [0.29, 0.717) is 26.1 Å². The van der Waals surface area contributed by atoms with Crippen molar-refractivity contribution < 1.29 is 15.0 Å². The van der Waals surface area contributed by atoms with Crippen LogP contribution in [-0.4, -0.2) is 45.1 Å². The average molecular weight is 354 g/mol. The zero-order valence-corrected chi connectivity index (χ0v) is 15.1. The Morgan fingerprint density at radius 1 is 1.00 bits per heavy atom. The Hall–Kier alpha value is -2.53. The lowest BCUT2D eigenvalue weighted by atomic mass is 10.1. The van der Waals surface area contributed by atoms with Gasteiger partial charge in [-0.3, -0.25) is 9.69 Å². The van der Waals surface area contributed by atoms with Crippen molar-refractivity contribution in [2.45, 2.75) is 38.9 Å². The Morgan fingerprint density at radius 3 is 2.46 bits per heavy atom. The summed E-state index contributed by atoms with van der Waals surface area (Å²) >= 11 is 0. The smallest absolute Gasteiger partial charge is 0.224 e. The number of phenols is 2. The van der Waals surface area contributed by atoms with Gasteiger partial charge in [0.25, 0.3) is 0 Å². The Kier molecular flexibility index (Phi) is 5.78. The van der Waals surface area contributed by atoms with Gasteiger partial charge in [0.2, 0.25) is 5.91 Å². The molecule has 0 spiro atoms. The fraction of sp³-hybridized carbons (Fsp3) is 0.381. The number of hydrogen-bond donors (Lipinski definition) is 2. The second-order valence-electron chi connectivity index (χ2n) is 6.88. The Bertz CT molecular complexity index is 748. The van der Waals surface area contributed by atoms with E-state index in [9.17, 15) is 15.0 Å². The monoisotopic (exact) mass is 354 g/mol. The standard InChI is InChI=1S/C21H26N2O3/c1-2-18-15-22(13-17-8-9-19(24)20(25)12-17)11-10-21(26)23(18)14-16-6-4-3-5-7-16/h3-9,12,18,24-25H,2,10-11,13-15H2,1H3/t18-/m0/s1. The minimum Gasteiger partial charge on any atom is -0.504 e. The summed E-state index contributed by atoms with van der Waals surface area (Å²) in [4.78, 5) is 17.0. The van der Waals surface area contributed by atoms with Crippen molar-refractivity contribution >= 4 is 5.91 Å². The third-order valence-corrected chi connectivity index (χ3v) is 4.98. The number of rotatable bonds is 5. The minimum absolute atomic E-state index is 0.105. The number of nitrogens with zero attached hydrogens (tertiary/aromatic N) is 2. The first kappa shape index (κ1) is 18.3. The van der Waals surface area contributed by atoms with Gasteiger partial charge < -0.3 is 15.1 Å². The molecule has 0 bridgehead atoms. The van der Waals surface area contributed by atoms with E-state index in [1.807, 2.05) is 29.2 Å². The highest BCUT2D eigenvalue weighted by Crippen LogP contribution is 2.26. The summed E-state index contributed by atoms with van der Waals surface area (Å²) in [5, 5.41) is 19.2. The Balaban J connectivity index is 1.72. The van der Waals surface area contributed by atoms with Crippen molar-refractivity contribution in [2.75, 3.05) is 13.1 Å². The maximum absolute atomic E-state index is 12.7. The third kappa shape index (κ3) is 4.35. The molecule has 1 heterocycles. The van der Waals surface area contributed by atoms with Crippen LogP contribution < -0.4 is 0 Å². The summed E-state index contributed by atoms with van der Waals surface area (Å²) in [6.07, 6.45) is 1.39. The van der Waals surface area contributed by atoms with Gasteiger partial charge in [0, 0.05) is 38.6 Å². The van der Waals surface area contributed by atoms with Crippen molar-refractivity contribution in [3.63, 3.8) is 0 Å². The molecule has 1 saturated heterocycles. The Labute approximate surface area is 154 Å². The maximum atomic E-state index is 12.7. The van der Waals surface area contributed by atoms with Crippen LogP contribution in [-0.2, 0) is 17.9 Å². The third-order valence-electron chi connectivity index (χ3n) is 4.98. The van der Waals surface area contributed by atoms with E-state index in [0.717, 1.165) is 24.1 Å². The highest BCUT2D eigenvalue weighted by atomic mass is 16.3. The van der Waals surface area contributed by atoms with Crippen LogP contribution in [0.1, 0.15) is 30.9 Å². The van der Waals surface area contributed by atoms with E-state index in [4.69, 9.17) is 0 Å². The van der Waals surface area contributed by atoms with Gasteiger partial charge in [-0.05, 0) is 29.7 Å². The fourth-order valence-electron chi connectivity index (χ4n) is 3.50. The lowest BCUT2D eigenvalue weighted by molar-refractivity contribution is -0.133. The number of aromatic hydroxyl groups is 2. The SMILES string of the molecule is CC[C@H]1CN(Cc2ccc(O)c(O)c2)CCC(=O)N1Cc1ccccc1. The topological polar surface area (TPSA) is 64.0 Å². The highest BCUT2D eigenvalue weighted by molar-refractivity contribution is 5.77. The molecule has 1 aliphatic rings. The minimum atomic E-state index is -0.111. The first-order chi connectivity index (χ1) is 12.6. The van der Waals surface area contributed by atoms with E-state index in [1.165, 1.54) is 6.07 Å². The molecule has 26 heavy (non-hydrogen) atoms. The number of phenolic OH excluding ortho intramolecular Hbond substituents is 2. The lowest BCUT2D eigenvalue weighted by Crippen LogP contribution is -2.42. The molecule has 5 nitrogen and oxygen atoms in total. The summed E-state index contributed by atoms with van der Waals surface area (Å²) in [6, 6.07) is 15.2. The summed E-state index contributed by atoms with van der Waals surface area (Å²) in [5.41, 5.74) is 2.08. The molecule has 1 atom stereocenters. The zero-order valence-electron chi connectivity index (χ0n) is 15.1. The molecule has 0 aromatic heterocycles. The molecule has 138 valence electrons. The normalized spacial score (nSPS) is 18.7. The van der Waals surface area contributed by atoms with E-state index >= 15 is 0 Å². The predicted octanol–water partition coefficient (Wildman–Crippen LogP) is 3.11. The van der Waals surface area contributed by atoms with Gasteiger partial charge in [0.05, 0.1) is 0 Å². The van der Waals surface area contributed by atoms with Gasteiger partial charge in [0.1, 0.15) is 0 Å². The molecule has 0 aliphatic carbocycles. The van der Waals surface area contributed by atoms with Gasteiger partial charge in [-0.15, -0.1) is 0 Å². The number of carbonyl (C=O) groups is 1. The molecule has 1 amide bonds. The maximum Gasteiger partial charge on any atom is 0.224 e. The first-order valence-corrected chi connectivity index (χ1v) is 9.13. The van der Waals surface area contributed by atoms with Crippen LogP contribution in [0.3, 0.4) is 0 Å². The van der Waals surface area contributed by atoms with E-state index in [2.05, 4.69) is 24.0 Å². The van der Waals surface area contributed by atoms with Gasteiger partial charge >= 0.3 is 0 Å². The molecule has 2 aromatic carbocycles. The molecule has 1 fully saturated rings. The molecular formula is C21H26N2O3. The summed E-state index contributed by atoms with van der Waals surface area (Å²) < 4.78 is 0. The zero-order chi connectivity index (χ0) is 18.5. The van der Waals surface area contributed by atoms with Crippen LogP contribution in [0, 0.1) is 0 Å². The number of benzene rings is 2. The quantitative estimate of drug-likeness (QED) is 0.810. The van der Waals surface area contributed by atoms with Crippen molar-refractivity contribution in [1.29, 1.82) is 0 Å². The van der Waals surface area contributed by atoms with Gasteiger partial charge in [-0.1, -0.05) is 43.3 Å². The van der Waals surface area contributed by atoms with Gasteiger partial charge in [0.15, 0.2) is 11.5 Å². The second kappa shape index (κ2) is 8.23. The average Bonchev–Trinajstić information content (AvgIpc) is 2.79. The molecule has 3 rings (SSSR count). The molecule has 0 saturated carbocycles. The van der Waals surface area contributed by atoms with Crippen LogP contribution in [0.5, 0.6) is 11.5 Å². The molecule has 0 unspecified atom stereocenters. The molecular weight excluding hydrogens is 328 g/mol. The summed E-state index contributed by atoms with van der Waals surface area (Å²) in [7, 11) is 0. The first-order valence-electron chi connectivity index (χ1n) is 9.13. The van der Waals surface area contributed by atoms with Crippen molar-refractivity contribution in [2.24, 2.45) is 0 Å². The molecule has 2 aromatic rings.